The van der Waals surface area contributed by atoms with Crippen molar-refractivity contribution in [2.45, 2.75) is 31.8 Å². The van der Waals surface area contributed by atoms with Crippen LogP contribution in [0.4, 0.5) is 0 Å². The first-order valence-electron chi connectivity index (χ1n) is 6.75. The van der Waals surface area contributed by atoms with Gasteiger partial charge in [-0.05, 0) is 43.4 Å². The van der Waals surface area contributed by atoms with Gasteiger partial charge in [0.25, 0.3) is 0 Å². The quantitative estimate of drug-likeness (QED) is 0.838. The number of carbonyl (C=O) groups excluding carboxylic acids is 1. The molecule has 2 heterocycles. The summed E-state index contributed by atoms with van der Waals surface area (Å²) in [6.45, 7) is 1.53. The monoisotopic (exact) mass is 245 g/mol. The van der Waals surface area contributed by atoms with Gasteiger partial charge in [0, 0.05) is 6.20 Å². The lowest BCUT2D eigenvalue weighted by Crippen LogP contribution is -2.43. The summed E-state index contributed by atoms with van der Waals surface area (Å²) < 4.78 is 0. The molecule has 96 valence electrons. The molecule has 1 aromatic rings. The molecule has 4 heteroatoms. The molecule has 0 spiro atoms. The fraction of sp³-hybridized carbons (Fsp3) is 0.571. The second kappa shape index (κ2) is 5.06. The lowest BCUT2D eigenvalue weighted by Gasteiger charge is -2.17. The first kappa shape index (κ1) is 11.7. The lowest BCUT2D eigenvalue weighted by atomic mass is 9.93. The van der Waals surface area contributed by atoms with Gasteiger partial charge in [-0.25, -0.2) is 0 Å². The molecule has 0 bridgehead atoms. The Morgan fingerprint density at radius 2 is 2.39 bits per heavy atom. The van der Waals surface area contributed by atoms with E-state index < -0.39 is 0 Å². The van der Waals surface area contributed by atoms with E-state index in [1.54, 1.807) is 6.20 Å². The molecule has 4 nitrogen and oxygen atoms in total. The van der Waals surface area contributed by atoms with E-state index in [1.807, 2.05) is 18.2 Å². The maximum Gasteiger partial charge on any atom is 0.237 e. The fourth-order valence-electron chi connectivity index (χ4n) is 3.26. The molecule has 18 heavy (non-hydrogen) atoms. The van der Waals surface area contributed by atoms with Crippen LogP contribution in [-0.4, -0.2) is 23.5 Å². The lowest BCUT2D eigenvalue weighted by molar-refractivity contribution is -0.123. The number of nitrogens with one attached hydrogen (secondary N) is 2. The molecule has 1 aliphatic heterocycles. The minimum atomic E-state index is 0.0150. The zero-order valence-electron chi connectivity index (χ0n) is 10.4. The number of aromatic nitrogens is 1. The molecule has 2 aliphatic rings. The standard InChI is InChI=1S/C14H19N3O/c18-14(17-9-11-5-1-2-7-15-11)13-12-6-3-4-10(12)8-16-13/h1-2,5,7,10,12-13,16H,3-4,6,8-9H2,(H,17,18). The van der Waals surface area contributed by atoms with Crippen molar-refractivity contribution in [3.8, 4) is 0 Å². The second-order valence-electron chi connectivity index (χ2n) is 5.28. The number of carbonyl (C=O) groups is 1. The number of rotatable bonds is 3. The number of hydrogen-bond acceptors (Lipinski definition) is 3. The molecule has 3 atom stereocenters. The van der Waals surface area contributed by atoms with Crippen molar-refractivity contribution >= 4 is 5.91 Å². The van der Waals surface area contributed by atoms with E-state index in [2.05, 4.69) is 15.6 Å². The summed E-state index contributed by atoms with van der Waals surface area (Å²) in [4.78, 5) is 16.4. The second-order valence-corrected chi connectivity index (χ2v) is 5.28. The Morgan fingerprint density at radius 1 is 1.44 bits per heavy atom. The van der Waals surface area contributed by atoms with E-state index in [1.165, 1.54) is 19.3 Å². The summed E-state index contributed by atoms with van der Waals surface area (Å²) in [7, 11) is 0. The van der Waals surface area contributed by atoms with Crippen molar-refractivity contribution in [1.29, 1.82) is 0 Å². The summed E-state index contributed by atoms with van der Waals surface area (Å²) in [5.41, 5.74) is 0.909. The predicted molar refractivity (Wildman–Crippen MR) is 68.7 cm³/mol. The molecule has 0 aromatic carbocycles. The third-order valence-corrected chi connectivity index (χ3v) is 4.20. The zero-order chi connectivity index (χ0) is 12.4. The topological polar surface area (TPSA) is 54.0 Å². The Labute approximate surface area is 107 Å². The van der Waals surface area contributed by atoms with Crippen LogP contribution >= 0.6 is 0 Å². The van der Waals surface area contributed by atoms with Crippen LogP contribution in [0.3, 0.4) is 0 Å². The van der Waals surface area contributed by atoms with Gasteiger partial charge in [0.2, 0.25) is 5.91 Å². The van der Waals surface area contributed by atoms with Crippen LogP contribution in [-0.2, 0) is 11.3 Å². The first-order chi connectivity index (χ1) is 8.84. The first-order valence-corrected chi connectivity index (χ1v) is 6.75. The maximum absolute atomic E-state index is 12.2. The van der Waals surface area contributed by atoms with Crippen LogP contribution in [0.2, 0.25) is 0 Å². The van der Waals surface area contributed by atoms with Crippen LogP contribution < -0.4 is 10.6 Å². The highest BCUT2D eigenvalue weighted by molar-refractivity contribution is 5.82. The molecule has 2 fully saturated rings. The minimum Gasteiger partial charge on any atom is -0.349 e. The largest absolute Gasteiger partial charge is 0.349 e. The number of nitrogens with zero attached hydrogens (tertiary/aromatic N) is 1. The SMILES string of the molecule is O=C(NCc1ccccn1)C1NCC2CCCC21. The van der Waals surface area contributed by atoms with Crippen LogP contribution in [0.25, 0.3) is 0 Å². The van der Waals surface area contributed by atoms with Gasteiger partial charge in [-0.15, -0.1) is 0 Å². The van der Waals surface area contributed by atoms with Crippen LogP contribution in [0.15, 0.2) is 24.4 Å². The predicted octanol–water partition coefficient (Wildman–Crippen LogP) is 1.09. The van der Waals surface area contributed by atoms with E-state index in [4.69, 9.17) is 0 Å². The molecule has 1 aliphatic carbocycles. The molecule has 3 rings (SSSR count). The molecular formula is C14H19N3O. The average Bonchev–Trinajstić information content (AvgIpc) is 2.99. The van der Waals surface area contributed by atoms with Gasteiger partial charge in [0.15, 0.2) is 0 Å². The third-order valence-electron chi connectivity index (χ3n) is 4.20. The van der Waals surface area contributed by atoms with E-state index in [0.717, 1.165) is 18.2 Å². The molecule has 1 aromatic heterocycles. The van der Waals surface area contributed by atoms with Gasteiger partial charge in [0.05, 0.1) is 18.3 Å². The van der Waals surface area contributed by atoms with Crippen molar-refractivity contribution in [2.24, 2.45) is 11.8 Å². The smallest absolute Gasteiger partial charge is 0.237 e. The van der Waals surface area contributed by atoms with Crippen molar-refractivity contribution in [2.75, 3.05) is 6.54 Å². The molecular weight excluding hydrogens is 226 g/mol. The summed E-state index contributed by atoms with van der Waals surface area (Å²) in [5.74, 6) is 1.40. The van der Waals surface area contributed by atoms with E-state index in [0.29, 0.717) is 12.5 Å². The molecule has 3 unspecified atom stereocenters. The molecule has 1 amide bonds. The maximum atomic E-state index is 12.2. The number of amides is 1. The van der Waals surface area contributed by atoms with Crippen LogP contribution in [0, 0.1) is 11.8 Å². The van der Waals surface area contributed by atoms with Crippen molar-refractivity contribution in [3.05, 3.63) is 30.1 Å². The van der Waals surface area contributed by atoms with Gasteiger partial charge in [-0.3, -0.25) is 9.78 Å². The normalized spacial score (nSPS) is 30.1. The van der Waals surface area contributed by atoms with Gasteiger partial charge >= 0.3 is 0 Å². The Hall–Kier alpha value is -1.42. The summed E-state index contributed by atoms with van der Waals surface area (Å²) >= 11 is 0. The summed E-state index contributed by atoms with van der Waals surface area (Å²) in [6, 6.07) is 5.77. The van der Waals surface area contributed by atoms with Crippen molar-refractivity contribution in [3.63, 3.8) is 0 Å². The summed E-state index contributed by atoms with van der Waals surface area (Å²) in [6.07, 6.45) is 5.50. The molecule has 0 radical (unpaired) electrons. The van der Waals surface area contributed by atoms with Gasteiger partial charge < -0.3 is 10.6 Å². The fourth-order valence-corrected chi connectivity index (χ4v) is 3.26. The van der Waals surface area contributed by atoms with E-state index >= 15 is 0 Å². The van der Waals surface area contributed by atoms with Crippen LogP contribution in [0.1, 0.15) is 25.0 Å². The number of pyridine rings is 1. The Morgan fingerprint density at radius 3 is 3.22 bits per heavy atom. The van der Waals surface area contributed by atoms with Crippen molar-refractivity contribution in [1.82, 2.24) is 15.6 Å². The van der Waals surface area contributed by atoms with Gasteiger partial charge in [0.1, 0.15) is 0 Å². The Kier molecular flexibility index (Phi) is 3.28. The van der Waals surface area contributed by atoms with Gasteiger partial charge in [-0.2, -0.15) is 0 Å². The molecule has 1 saturated carbocycles. The van der Waals surface area contributed by atoms with Gasteiger partial charge in [-0.1, -0.05) is 12.5 Å². The highest BCUT2D eigenvalue weighted by Crippen LogP contribution is 2.37. The van der Waals surface area contributed by atoms with Crippen LogP contribution in [0.5, 0.6) is 0 Å². The number of fused-ring (bicyclic) bond motifs is 1. The highest BCUT2D eigenvalue weighted by atomic mass is 16.2. The molecule has 1 saturated heterocycles. The zero-order valence-corrected chi connectivity index (χ0v) is 10.4. The van der Waals surface area contributed by atoms with E-state index in [9.17, 15) is 4.79 Å². The molecule has 2 N–H and O–H groups in total. The van der Waals surface area contributed by atoms with E-state index in [-0.39, 0.29) is 11.9 Å². The Balaban J connectivity index is 1.56. The number of hydrogen-bond donors (Lipinski definition) is 2. The average molecular weight is 245 g/mol. The van der Waals surface area contributed by atoms with Crippen molar-refractivity contribution < 1.29 is 4.79 Å². The minimum absolute atomic E-state index is 0.0150. The third kappa shape index (κ3) is 2.25. The highest BCUT2D eigenvalue weighted by Gasteiger charge is 2.42. The summed E-state index contributed by atoms with van der Waals surface area (Å²) in [5, 5.41) is 6.35. The Bertz CT molecular complexity index is 420.